The molecule has 0 atom stereocenters. The summed E-state index contributed by atoms with van der Waals surface area (Å²) >= 11 is 0. The van der Waals surface area contributed by atoms with E-state index in [1.54, 1.807) is 6.20 Å². The average Bonchev–Trinajstić information content (AvgIpc) is 2.37. The summed E-state index contributed by atoms with van der Waals surface area (Å²) in [5.74, 6) is 1.000. The minimum Gasteiger partial charge on any atom is -0.331 e. The van der Waals surface area contributed by atoms with Crippen molar-refractivity contribution in [3.05, 3.63) is 30.4 Å². The number of imidazole rings is 1. The zero-order valence-corrected chi connectivity index (χ0v) is 6.75. The van der Waals surface area contributed by atoms with Crippen LogP contribution in [0.1, 0.15) is 5.82 Å². The molecule has 2 N–H and O–H groups in total. The highest BCUT2D eigenvalue weighted by Gasteiger charge is 1.96. The molecular weight excluding hydrogens is 138 g/mol. The van der Waals surface area contributed by atoms with Crippen molar-refractivity contribution in [2.75, 3.05) is 6.54 Å². The molecule has 0 amide bonds. The van der Waals surface area contributed by atoms with E-state index in [2.05, 4.69) is 11.6 Å². The summed E-state index contributed by atoms with van der Waals surface area (Å²) in [5, 5.41) is 0. The van der Waals surface area contributed by atoms with Crippen LogP contribution in [0.4, 0.5) is 0 Å². The molecule has 1 aromatic heterocycles. The fourth-order valence-electron chi connectivity index (χ4n) is 0.876. The van der Waals surface area contributed by atoms with Gasteiger partial charge in [0, 0.05) is 25.5 Å². The van der Waals surface area contributed by atoms with Gasteiger partial charge in [-0.3, -0.25) is 0 Å². The van der Waals surface area contributed by atoms with E-state index in [0.717, 1.165) is 17.9 Å². The van der Waals surface area contributed by atoms with Gasteiger partial charge >= 0.3 is 0 Å². The van der Waals surface area contributed by atoms with E-state index in [1.807, 2.05) is 17.7 Å². The number of hydrogen-bond acceptors (Lipinski definition) is 2. The minimum atomic E-state index is 0.539. The van der Waals surface area contributed by atoms with Crippen molar-refractivity contribution in [1.82, 2.24) is 9.55 Å². The second-order valence-electron chi connectivity index (χ2n) is 2.56. The summed E-state index contributed by atoms with van der Waals surface area (Å²) < 4.78 is 2.02. The lowest BCUT2D eigenvalue weighted by molar-refractivity contribution is 0.739. The van der Waals surface area contributed by atoms with Gasteiger partial charge in [-0.15, -0.1) is 0 Å². The van der Waals surface area contributed by atoms with Crippen LogP contribution >= 0.6 is 0 Å². The predicted octanol–water partition coefficient (Wildman–Crippen LogP) is 0.706. The van der Waals surface area contributed by atoms with Crippen LogP contribution in [-0.2, 0) is 6.54 Å². The standard InChI is InChI=1S/C8H13N3/c1-7(5-9)6-11-4-3-10-8(11)2/h3-4H,1,5-6,9H2,2H3. The zero-order chi connectivity index (χ0) is 8.27. The molecule has 0 radical (unpaired) electrons. The van der Waals surface area contributed by atoms with Crippen molar-refractivity contribution in [1.29, 1.82) is 0 Å². The normalized spacial score (nSPS) is 10.0. The molecular formula is C8H13N3. The largest absolute Gasteiger partial charge is 0.331 e. The third-order valence-corrected chi connectivity index (χ3v) is 1.61. The van der Waals surface area contributed by atoms with Gasteiger partial charge in [-0.25, -0.2) is 4.98 Å². The Morgan fingerprint density at radius 1 is 1.82 bits per heavy atom. The molecule has 0 spiro atoms. The molecule has 60 valence electrons. The molecule has 0 aliphatic heterocycles. The number of rotatable bonds is 3. The summed E-state index contributed by atoms with van der Waals surface area (Å²) in [6.45, 7) is 7.10. The average molecular weight is 151 g/mol. The molecule has 3 nitrogen and oxygen atoms in total. The van der Waals surface area contributed by atoms with Crippen molar-refractivity contribution >= 4 is 0 Å². The van der Waals surface area contributed by atoms with Crippen molar-refractivity contribution in [2.24, 2.45) is 5.73 Å². The topological polar surface area (TPSA) is 43.8 Å². The zero-order valence-electron chi connectivity index (χ0n) is 6.75. The van der Waals surface area contributed by atoms with Gasteiger partial charge in [0.2, 0.25) is 0 Å². The molecule has 1 rings (SSSR count). The quantitative estimate of drug-likeness (QED) is 0.646. The van der Waals surface area contributed by atoms with E-state index < -0.39 is 0 Å². The molecule has 0 aromatic carbocycles. The number of aromatic nitrogens is 2. The van der Waals surface area contributed by atoms with Crippen molar-refractivity contribution < 1.29 is 0 Å². The summed E-state index contributed by atoms with van der Waals surface area (Å²) in [5.41, 5.74) is 6.42. The summed E-state index contributed by atoms with van der Waals surface area (Å²) in [6, 6.07) is 0. The SMILES string of the molecule is C=C(CN)Cn1ccnc1C. The Bertz CT molecular complexity index is 250. The Kier molecular flexibility index (Phi) is 2.44. The van der Waals surface area contributed by atoms with E-state index in [1.165, 1.54) is 0 Å². The highest BCUT2D eigenvalue weighted by Crippen LogP contribution is 1.99. The van der Waals surface area contributed by atoms with Crippen molar-refractivity contribution in [2.45, 2.75) is 13.5 Å². The smallest absolute Gasteiger partial charge is 0.105 e. The third-order valence-electron chi connectivity index (χ3n) is 1.61. The maximum atomic E-state index is 5.41. The minimum absolute atomic E-state index is 0.539. The van der Waals surface area contributed by atoms with Crippen LogP contribution in [0.5, 0.6) is 0 Å². The fourth-order valence-corrected chi connectivity index (χ4v) is 0.876. The first-order valence-corrected chi connectivity index (χ1v) is 3.58. The van der Waals surface area contributed by atoms with Crippen LogP contribution in [0, 0.1) is 6.92 Å². The maximum absolute atomic E-state index is 5.41. The van der Waals surface area contributed by atoms with Crippen LogP contribution in [0.3, 0.4) is 0 Å². The van der Waals surface area contributed by atoms with E-state index >= 15 is 0 Å². The summed E-state index contributed by atoms with van der Waals surface area (Å²) in [4.78, 5) is 4.09. The number of nitrogens with zero attached hydrogens (tertiary/aromatic N) is 2. The van der Waals surface area contributed by atoms with Crippen LogP contribution in [0.2, 0.25) is 0 Å². The van der Waals surface area contributed by atoms with Crippen LogP contribution in [0.25, 0.3) is 0 Å². The van der Waals surface area contributed by atoms with Gasteiger partial charge in [-0.2, -0.15) is 0 Å². The van der Waals surface area contributed by atoms with Crippen molar-refractivity contribution in [3.63, 3.8) is 0 Å². The lowest BCUT2D eigenvalue weighted by atomic mass is 10.3. The van der Waals surface area contributed by atoms with Gasteiger partial charge in [0.1, 0.15) is 5.82 Å². The van der Waals surface area contributed by atoms with Gasteiger partial charge in [0.15, 0.2) is 0 Å². The monoisotopic (exact) mass is 151 g/mol. The Balaban J connectivity index is 2.64. The molecule has 1 heterocycles. The molecule has 0 saturated carbocycles. The molecule has 11 heavy (non-hydrogen) atoms. The molecule has 0 fully saturated rings. The van der Waals surface area contributed by atoms with Gasteiger partial charge in [-0.05, 0) is 12.5 Å². The lowest BCUT2D eigenvalue weighted by Gasteiger charge is -2.04. The molecule has 0 saturated heterocycles. The Hall–Kier alpha value is -1.09. The van der Waals surface area contributed by atoms with Gasteiger partial charge in [0.05, 0.1) is 0 Å². The first-order chi connectivity index (χ1) is 5.24. The second kappa shape index (κ2) is 3.34. The van der Waals surface area contributed by atoms with Crippen LogP contribution in [0.15, 0.2) is 24.5 Å². The first kappa shape index (κ1) is 8.01. The van der Waals surface area contributed by atoms with Gasteiger partial charge in [0.25, 0.3) is 0 Å². The van der Waals surface area contributed by atoms with Crippen LogP contribution in [-0.4, -0.2) is 16.1 Å². The molecule has 0 aliphatic carbocycles. The summed E-state index contributed by atoms with van der Waals surface area (Å²) in [7, 11) is 0. The summed E-state index contributed by atoms with van der Waals surface area (Å²) in [6.07, 6.45) is 3.70. The van der Waals surface area contributed by atoms with Gasteiger partial charge in [-0.1, -0.05) is 6.58 Å². The maximum Gasteiger partial charge on any atom is 0.105 e. The molecule has 3 heteroatoms. The predicted molar refractivity (Wildman–Crippen MR) is 45.2 cm³/mol. The highest BCUT2D eigenvalue weighted by molar-refractivity contribution is 5.00. The number of hydrogen-bond donors (Lipinski definition) is 1. The number of nitrogens with two attached hydrogens (primary N) is 1. The Labute approximate surface area is 66.5 Å². The molecule has 0 bridgehead atoms. The van der Waals surface area contributed by atoms with E-state index in [9.17, 15) is 0 Å². The van der Waals surface area contributed by atoms with Crippen molar-refractivity contribution in [3.8, 4) is 0 Å². The molecule has 1 aromatic rings. The third kappa shape index (κ3) is 1.91. The lowest BCUT2D eigenvalue weighted by Crippen LogP contribution is -2.09. The Morgan fingerprint density at radius 2 is 2.55 bits per heavy atom. The van der Waals surface area contributed by atoms with E-state index in [0.29, 0.717) is 6.54 Å². The fraction of sp³-hybridized carbons (Fsp3) is 0.375. The van der Waals surface area contributed by atoms with E-state index in [-0.39, 0.29) is 0 Å². The molecule has 0 unspecified atom stereocenters. The molecule has 0 aliphatic rings. The van der Waals surface area contributed by atoms with E-state index in [4.69, 9.17) is 5.73 Å². The first-order valence-electron chi connectivity index (χ1n) is 3.58. The van der Waals surface area contributed by atoms with Gasteiger partial charge < -0.3 is 10.3 Å². The Morgan fingerprint density at radius 3 is 3.00 bits per heavy atom. The number of aryl methyl sites for hydroxylation is 1. The second-order valence-corrected chi connectivity index (χ2v) is 2.56. The van der Waals surface area contributed by atoms with Crippen LogP contribution < -0.4 is 5.73 Å². The highest BCUT2D eigenvalue weighted by atomic mass is 15.0.